The highest BCUT2D eigenvalue weighted by Gasteiger charge is 2.21. The highest BCUT2D eigenvalue weighted by molar-refractivity contribution is 5.94. The first-order valence-electron chi connectivity index (χ1n) is 7.15. The van der Waals surface area contributed by atoms with Gasteiger partial charge in [0.25, 0.3) is 5.91 Å². The van der Waals surface area contributed by atoms with Crippen LogP contribution in [0.3, 0.4) is 0 Å². The van der Waals surface area contributed by atoms with Crippen molar-refractivity contribution < 1.29 is 4.79 Å². The smallest absolute Gasteiger partial charge is 0.253 e. The second kappa shape index (κ2) is 5.65. The molecule has 3 rings (SSSR count). The summed E-state index contributed by atoms with van der Waals surface area (Å²) in [6.45, 7) is 6.31. The van der Waals surface area contributed by atoms with E-state index in [1.54, 1.807) is 0 Å². The average Bonchev–Trinajstić information content (AvgIpc) is 2.93. The van der Waals surface area contributed by atoms with Gasteiger partial charge in [-0.3, -0.25) is 9.89 Å². The molecule has 0 radical (unpaired) electrons. The topological polar surface area (TPSA) is 73.9 Å². The van der Waals surface area contributed by atoms with Crippen LogP contribution in [0.4, 0.5) is 0 Å². The number of benzene rings is 1. The van der Waals surface area contributed by atoms with Gasteiger partial charge in [0, 0.05) is 36.8 Å². The van der Waals surface area contributed by atoms with Crippen molar-refractivity contribution in [2.75, 3.05) is 19.6 Å². The minimum absolute atomic E-state index is 0.0843. The predicted molar refractivity (Wildman–Crippen MR) is 79.9 cm³/mol. The Kier molecular flexibility index (Phi) is 3.70. The molecule has 2 aromatic rings. The molecular weight excluding hydrogens is 266 g/mol. The molecule has 1 saturated heterocycles. The van der Waals surface area contributed by atoms with Crippen LogP contribution in [0.15, 0.2) is 24.3 Å². The van der Waals surface area contributed by atoms with Crippen LogP contribution >= 0.6 is 0 Å². The number of nitrogens with zero attached hydrogens (tertiary/aromatic N) is 3. The summed E-state index contributed by atoms with van der Waals surface area (Å²) in [4.78, 5) is 18.6. The minimum Gasteiger partial charge on any atom is -0.336 e. The quantitative estimate of drug-likeness (QED) is 0.870. The number of aryl methyl sites for hydroxylation is 1. The van der Waals surface area contributed by atoms with Crippen LogP contribution in [-0.2, 0) is 0 Å². The van der Waals surface area contributed by atoms with E-state index in [1.165, 1.54) is 0 Å². The number of H-pyrrole nitrogens is 1. The van der Waals surface area contributed by atoms with Crippen LogP contribution in [-0.4, -0.2) is 51.7 Å². The van der Waals surface area contributed by atoms with E-state index in [0.717, 1.165) is 31.0 Å². The molecule has 1 atom stereocenters. The Morgan fingerprint density at radius 2 is 2.10 bits per heavy atom. The molecule has 6 nitrogen and oxygen atoms in total. The summed E-state index contributed by atoms with van der Waals surface area (Å²) in [7, 11) is 0. The van der Waals surface area contributed by atoms with Gasteiger partial charge in [-0.1, -0.05) is 12.1 Å². The van der Waals surface area contributed by atoms with Crippen molar-refractivity contribution in [1.82, 2.24) is 25.4 Å². The molecule has 1 aliphatic rings. The highest BCUT2D eigenvalue weighted by Crippen LogP contribution is 2.16. The third kappa shape index (κ3) is 2.95. The van der Waals surface area contributed by atoms with Gasteiger partial charge in [-0.2, -0.15) is 5.10 Å². The van der Waals surface area contributed by atoms with E-state index in [0.29, 0.717) is 17.4 Å². The molecule has 1 fully saturated rings. The number of aromatic amines is 1. The molecule has 1 amide bonds. The average molecular weight is 285 g/mol. The molecule has 0 aliphatic carbocycles. The fourth-order valence-corrected chi connectivity index (χ4v) is 2.53. The van der Waals surface area contributed by atoms with Crippen molar-refractivity contribution in [2.24, 2.45) is 0 Å². The molecular formula is C15H19N5O. The van der Waals surface area contributed by atoms with Crippen LogP contribution in [0, 0.1) is 6.92 Å². The molecule has 2 heterocycles. The van der Waals surface area contributed by atoms with Crippen LogP contribution in [0.5, 0.6) is 0 Å². The summed E-state index contributed by atoms with van der Waals surface area (Å²) in [6.07, 6.45) is 0. The molecule has 1 aromatic carbocycles. The van der Waals surface area contributed by atoms with Gasteiger partial charge in [0.15, 0.2) is 5.82 Å². The number of carbonyl (C=O) groups excluding carboxylic acids is 1. The SMILES string of the molecule is Cc1nc(-c2ccc(C(=O)N3CCN[C@@H](C)C3)cc2)n[nH]1. The first-order valence-corrected chi connectivity index (χ1v) is 7.15. The lowest BCUT2D eigenvalue weighted by Gasteiger charge is -2.32. The van der Waals surface area contributed by atoms with Crippen molar-refractivity contribution in [3.8, 4) is 11.4 Å². The second-order valence-electron chi connectivity index (χ2n) is 5.43. The third-order valence-corrected chi connectivity index (χ3v) is 3.64. The number of hydrogen-bond acceptors (Lipinski definition) is 4. The number of aromatic nitrogens is 3. The van der Waals surface area contributed by atoms with E-state index in [1.807, 2.05) is 36.1 Å². The lowest BCUT2D eigenvalue weighted by molar-refractivity contribution is 0.0709. The Bertz CT molecular complexity index is 634. The standard InChI is InChI=1S/C15H19N5O/c1-10-9-20(8-7-16-10)15(21)13-5-3-12(4-6-13)14-17-11(2)18-19-14/h3-6,10,16H,7-9H2,1-2H3,(H,17,18,19)/t10-/m0/s1. The second-order valence-corrected chi connectivity index (χ2v) is 5.43. The van der Waals surface area contributed by atoms with Crippen molar-refractivity contribution >= 4 is 5.91 Å². The molecule has 0 spiro atoms. The third-order valence-electron chi connectivity index (χ3n) is 3.64. The minimum atomic E-state index is 0.0843. The summed E-state index contributed by atoms with van der Waals surface area (Å²) in [5, 5.41) is 10.3. The van der Waals surface area contributed by atoms with Crippen LogP contribution in [0.25, 0.3) is 11.4 Å². The fourth-order valence-electron chi connectivity index (χ4n) is 2.53. The van der Waals surface area contributed by atoms with E-state index in [9.17, 15) is 4.79 Å². The summed E-state index contributed by atoms with van der Waals surface area (Å²) >= 11 is 0. The van der Waals surface area contributed by atoms with Crippen molar-refractivity contribution in [2.45, 2.75) is 19.9 Å². The summed E-state index contributed by atoms with van der Waals surface area (Å²) in [5.74, 6) is 1.52. The Morgan fingerprint density at radius 1 is 1.33 bits per heavy atom. The van der Waals surface area contributed by atoms with E-state index in [4.69, 9.17) is 0 Å². The van der Waals surface area contributed by atoms with Gasteiger partial charge in [-0.25, -0.2) is 4.98 Å². The molecule has 21 heavy (non-hydrogen) atoms. The molecule has 0 saturated carbocycles. The van der Waals surface area contributed by atoms with Crippen LogP contribution < -0.4 is 5.32 Å². The van der Waals surface area contributed by atoms with E-state index < -0.39 is 0 Å². The fraction of sp³-hybridized carbons (Fsp3) is 0.400. The number of rotatable bonds is 2. The van der Waals surface area contributed by atoms with E-state index >= 15 is 0 Å². The van der Waals surface area contributed by atoms with Crippen molar-refractivity contribution in [3.05, 3.63) is 35.7 Å². The lowest BCUT2D eigenvalue weighted by atomic mass is 10.1. The highest BCUT2D eigenvalue weighted by atomic mass is 16.2. The maximum Gasteiger partial charge on any atom is 0.253 e. The number of nitrogens with one attached hydrogen (secondary N) is 2. The number of carbonyl (C=O) groups is 1. The predicted octanol–water partition coefficient (Wildman–Crippen LogP) is 1.21. The van der Waals surface area contributed by atoms with Gasteiger partial charge in [0.2, 0.25) is 0 Å². The summed E-state index contributed by atoms with van der Waals surface area (Å²) in [6, 6.07) is 7.81. The zero-order valence-electron chi connectivity index (χ0n) is 12.3. The zero-order chi connectivity index (χ0) is 14.8. The van der Waals surface area contributed by atoms with E-state index in [2.05, 4.69) is 27.4 Å². The maximum atomic E-state index is 12.5. The first kappa shape index (κ1) is 13.8. The number of amides is 1. The Labute approximate surface area is 123 Å². The first-order chi connectivity index (χ1) is 10.1. The Hall–Kier alpha value is -2.21. The van der Waals surface area contributed by atoms with Gasteiger partial charge in [-0.05, 0) is 26.0 Å². The normalized spacial score (nSPS) is 18.8. The maximum absolute atomic E-state index is 12.5. The zero-order valence-corrected chi connectivity index (χ0v) is 12.3. The van der Waals surface area contributed by atoms with Gasteiger partial charge >= 0.3 is 0 Å². The Balaban J connectivity index is 1.76. The van der Waals surface area contributed by atoms with Crippen LogP contribution in [0.2, 0.25) is 0 Å². The monoisotopic (exact) mass is 285 g/mol. The molecule has 1 aliphatic heterocycles. The summed E-state index contributed by atoms with van der Waals surface area (Å²) in [5.41, 5.74) is 1.62. The van der Waals surface area contributed by atoms with Crippen LogP contribution in [0.1, 0.15) is 23.1 Å². The van der Waals surface area contributed by atoms with Gasteiger partial charge in [0.1, 0.15) is 5.82 Å². The van der Waals surface area contributed by atoms with Gasteiger partial charge in [0.05, 0.1) is 0 Å². The number of hydrogen-bond donors (Lipinski definition) is 2. The van der Waals surface area contributed by atoms with Gasteiger partial charge in [-0.15, -0.1) is 0 Å². The summed E-state index contributed by atoms with van der Waals surface area (Å²) < 4.78 is 0. The molecule has 0 bridgehead atoms. The molecule has 1 aromatic heterocycles. The molecule has 6 heteroatoms. The Morgan fingerprint density at radius 3 is 2.71 bits per heavy atom. The largest absolute Gasteiger partial charge is 0.336 e. The lowest BCUT2D eigenvalue weighted by Crippen LogP contribution is -2.51. The van der Waals surface area contributed by atoms with Crippen molar-refractivity contribution in [3.63, 3.8) is 0 Å². The van der Waals surface area contributed by atoms with E-state index in [-0.39, 0.29) is 5.91 Å². The molecule has 0 unspecified atom stereocenters. The molecule has 110 valence electrons. The number of piperazine rings is 1. The van der Waals surface area contributed by atoms with Gasteiger partial charge < -0.3 is 10.2 Å². The van der Waals surface area contributed by atoms with Crippen molar-refractivity contribution in [1.29, 1.82) is 0 Å². The molecule has 2 N–H and O–H groups in total.